The number of ether oxygens (including phenoxy) is 1. The molecule has 1 aromatic heterocycles. The summed E-state index contributed by atoms with van der Waals surface area (Å²) in [5, 5.41) is 25.0. The number of hydrogen-bond donors (Lipinski definition) is 3. The van der Waals surface area contributed by atoms with E-state index in [2.05, 4.69) is 26.0 Å². The van der Waals surface area contributed by atoms with E-state index in [1.807, 2.05) is 44.2 Å². The summed E-state index contributed by atoms with van der Waals surface area (Å²) in [7, 11) is 0. The fraction of sp³-hybridized carbons (Fsp3) is 0.353. The summed E-state index contributed by atoms with van der Waals surface area (Å²) in [4.78, 5) is 0. The van der Waals surface area contributed by atoms with Crippen LogP contribution in [0.1, 0.15) is 19.4 Å². The fourth-order valence-corrected chi connectivity index (χ4v) is 1.85. The minimum Gasteiger partial charge on any atom is -0.474 e. The van der Waals surface area contributed by atoms with Gasteiger partial charge >= 0.3 is 0 Å². The zero-order valence-corrected chi connectivity index (χ0v) is 13.9. The summed E-state index contributed by atoms with van der Waals surface area (Å²) >= 11 is 0. The minimum atomic E-state index is -0.624. The van der Waals surface area contributed by atoms with Crippen molar-refractivity contribution >= 4 is 11.5 Å². The van der Waals surface area contributed by atoms with Crippen molar-refractivity contribution in [3.05, 3.63) is 48.0 Å². The van der Waals surface area contributed by atoms with Gasteiger partial charge in [0.15, 0.2) is 5.82 Å². The molecule has 24 heavy (non-hydrogen) atoms. The number of rotatable bonds is 9. The molecule has 0 aliphatic rings. The van der Waals surface area contributed by atoms with Crippen LogP contribution < -0.4 is 15.5 Å². The Balaban J connectivity index is 1.67. The number of aliphatic hydroxyl groups is 1. The molecular formula is C17H23N5O2. The summed E-state index contributed by atoms with van der Waals surface area (Å²) in [6, 6.07) is 13.4. The standard InChI is InChI=1S/C17H23N5O2/c1-13(2)19-20-16-8-9-17(22-21-16)24-12-15(23)11-18-10-14-6-4-3-5-7-14/h3-9,15,18,23H,10-12H2,1-2H3,(H,20,21). The SMILES string of the molecule is CC(C)=NNc1ccc(OCC(O)CNCc2ccccc2)nn1. The Kier molecular flexibility index (Phi) is 7.13. The Morgan fingerprint density at radius 1 is 1.17 bits per heavy atom. The maximum Gasteiger partial charge on any atom is 0.233 e. The van der Waals surface area contributed by atoms with Gasteiger partial charge in [-0.05, 0) is 25.5 Å². The molecule has 1 aromatic carbocycles. The van der Waals surface area contributed by atoms with Crippen molar-refractivity contribution < 1.29 is 9.84 Å². The van der Waals surface area contributed by atoms with Crippen molar-refractivity contribution in [3.63, 3.8) is 0 Å². The fourth-order valence-electron chi connectivity index (χ4n) is 1.85. The number of nitrogens with one attached hydrogen (secondary N) is 2. The molecule has 0 amide bonds. The number of nitrogens with zero attached hydrogens (tertiary/aromatic N) is 3. The van der Waals surface area contributed by atoms with Crippen molar-refractivity contribution in [1.29, 1.82) is 0 Å². The molecule has 0 saturated carbocycles. The molecule has 128 valence electrons. The highest BCUT2D eigenvalue weighted by Crippen LogP contribution is 2.08. The lowest BCUT2D eigenvalue weighted by atomic mass is 10.2. The number of hydrogen-bond acceptors (Lipinski definition) is 7. The Labute approximate surface area is 141 Å². The monoisotopic (exact) mass is 329 g/mol. The van der Waals surface area contributed by atoms with Gasteiger partial charge in [0.2, 0.25) is 5.88 Å². The lowest BCUT2D eigenvalue weighted by Gasteiger charge is -2.12. The van der Waals surface area contributed by atoms with Crippen molar-refractivity contribution in [2.45, 2.75) is 26.5 Å². The first-order valence-electron chi connectivity index (χ1n) is 7.79. The third-order valence-corrected chi connectivity index (χ3v) is 3.01. The molecule has 3 N–H and O–H groups in total. The van der Waals surface area contributed by atoms with Gasteiger partial charge in [-0.1, -0.05) is 30.3 Å². The molecule has 7 heteroatoms. The van der Waals surface area contributed by atoms with Gasteiger partial charge in [0.25, 0.3) is 0 Å². The molecule has 7 nitrogen and oxygen atoms in total. The van der Waals surface area contributed by atoms with Gasteiger partial charge in [-0.25, -0.2) is 0 Å². The normalized spacial score (nSPS) is 11.6. The van der Waals surface area contributed by atoms with E-state index in [4.69, 9.17) is 4.74 Å². The summed E-state index contributed by atoms with van der Waals surface area (Å²) in [6.07, 6.45) is -0.624. The molecule has 2 rings (SSSR count). The van der Waals surface area contributed by atoms with Crippen LogP contribution in [0.3, 0.4) is 0 Å². The van der Waals surface area contributed by atoms with E-state index >= 15 is 0 Å². The van der Waals surface area contributed by atoms with Crippen LogP contribution in [-0.2, 0) is 6.54 Å². The van der Waals surface area contributed by atoms with Crippen molar-refractivity contribution in [2.75, 3.05) is 18.6 Å². The van der Waals surface area contributed by atoms with E-state index in [1.54, 1.807) is 12.1 Å². The van der Waals surface area contributed by atoms with Crippen molar-refractivity contribution in [2.24, 2.45) is 5.10 Å². The summed E-state index contributed by atoms with van der Waals surface area (Å²) in [6.45, 7) is 5.05. The van der Waals surface area contributed by atoms with Crippen LogP contribution in [0.5, 0.6) is 5.88 Å². The van der Waals surface area contributed by atoms with E-state index in [-0.39, 0.29) is 6.61 Å². The molecule has 0 bridgehead atoms. The highest BCUT2D eigenvalue weighted by atomic mass is 16.5. The third-order valence-electron chi connectivity index (χ3n) is 3.01. The van der Waals surface area contributed by atoms with Crippen LogP contribution in [0.25, 0.3) is 0 Å². The van der Waals surface area contributed by atoms with E-state index in [9.17, 15) is 5.11 Å². The second-order valence-corrected chi connectivity index (χ2v) is 5.51. The molecule has 0 aliphatic carbocycles. The number of aliphatic hydroxyl groups excluding tert-OH is 1. The topological polar surface area (TPSA) is 91.7 Å². The predicted octanol–water partition coefficient (Wildman–Crippen LogP) is 1.81. The maximum atomic E-state index is 9.92. The first-order valence-corrected chi connectivity index (χ1v) is 7.79. The first kappa shape index (κ1) is 17.8. The molecule has 0 spiro atoms. The molecule has 1 atom stereocenters. The van der Waals surface area contributed by atoms with Gasteiger partial charge in [-0.3, -0.25) is 5.43 Å². The van der Waals surface area contributed by atoms with Crippen LogP contribution >= 0.6 is 0 Å². The summed E-state index contributed by atoms with van der Waals surface area (Å²) in [5.74, 6) is 0.897. The number of aromatic nitrogens is 2. The van der Waals surface area contributed by atoms with Crippen LogP contribution in [0.15, 0.2) is 47.6 Å². The Morgan fingerprint density at radius 2 is 1.96 bits per heavy atom. The smallest absolute Gasteiger partial charge is 0.233 e. The second-order valence-electron chi connectivity index (χ2n) is 5.51. The van der Waals surface area contributed by atoms with Gasteiger partial charge in [0.05, 0.1) is 0 Å². The predicted molar refractivity (Wildman–Crippen MR) is 94.1 cm³/mol. The molecule has 1 unspecified atom stereocenters. The molecule has 1 heterocycles. The summed E-state index contributed by atoms with van der Waals surface area (Å²) in [5.41, 5.74) is 4.84. The van der Waals surface area contributed by atoms with Gasteiger partial charge in [0.1, 0.15) is 12.7 Å². The molecule has 2 aromatic rings. The number of anilines is 1. The highest BCUT2D eigenvalue weighted by Gasteiger charge is 2.06. The van der Waals surface area contributed by atoms with Crippen LogP contribution in [0, 0.1) is 0 Å². The Hall–Kier alpha value is -2.51. The maximum absolute atomic E-state index is 9.92. The Bertz CT molecular complexity index is 627. The van der Waals surface area contributed by atoms with E-state index < -0.39 is 6.10 Å². The quantitative estimate of drug-likeness (QED) is 0.480. The highest BCUT2D eigenvalue weighted by molar-refractivity contribution is 5.79. The van der Waals surface area contributed by atoms with Crippen LogP contribution in [0.4, 0.5) is 5.82 Å². The van der Waals surface area contributed by atoms with Gasteiger partial charge in [0, 0.05) is 24.9 Å². The number of benzene rings is 1. The average Bonchev–Trinajstić information content (AvgIpc) is 2.60. The molecule has 0 saturated heterocycles. The lowest BCUT2D eigenvalue weighted by molar-refractivity contribution is 0.103. The largest absolute Gasteiger partial charge is 0.474 e. The van der Waals surface area contributed by atoms with E-state index in [0.717, 1.165) is 5.71 Å². The average molecular weight is 329 g/mol. The summed E-state index contributed by atoms with van der Waals surface area (Å²) < 4.78 is 5.42. The molecule has 0 radical (unpaired) electrons. The number of hydrazone groups is 1. The molecular weight excluding hydrogens is 306 g/mol. The van der Waals surface area contributed by atoms with Gasteiger partial charge < -0.3 is 15.2 Å². The zero-order chi connectivity index (χ0) is 17.2. The minimum absolute atomic E-state index is 0.148. The van der Waals surface area contributed by atoms with Gasteiger partial charge in [-0.2, -0.15) is 5.10 Å². The lowest BCUT2D eigenvalue weighted by Crippen LogP contribution is -2.31. The first-order chi connectivity index (χ1) is 11.6. The Morgan fingerprint density at radius 3 is 2.62 bits per heavy atom. The third kappa shape index (κ3) is 6.72. The van der Waals surface area contributed by atoms with Gasteiger partial charge in [-0.15, -0.1) is 10.2 Å². The van der Waals surface area contributed by atoms with Crippen LogP contribution in [-0.4, -0.2) is 40.3 Å². The second kappa shape index (κ2) is 9.59. The van der Waals surface area contributed by atoms with E-state index in [0.29, 0.717) is 24.8 Å². The molecule has 0 fully saturated rings. The molecule has 0 aliphatic heterocycles. The van der Waals surface area contributed by atoms with Crippen molar-refractivity contribution in [1.82, 2.24) is 15.5 Å². The van der Waals surface area contributed by atoms with Crippen LogP contribution in [0.2, 0.25) is 0 Å². The zero-order valence-electron chi connectivity index (χ0n) is 13.9. The van der Waals surface area contributed by atoms with E-state index in [1.165, 1.54) is 5.56 Å². The van der Waals surface area contributed by atoms with Crippen molar-refractivity contribution in [3.8, 4) is 5.88 Å².